The number of hydrogen-bond acceptors (Lipinski definition) is 4. The van der Waals surface area contributed by atoms with Gasteiger partial charge in [0.2, 0.25) is 0 Å². The summed E-state index contributed by atoms with van der Waals surface area (Å²) in [6.45, 7) is 0. The molecule has 4 aromatic rings. The molecule has 48 heavy (non-hydrogen) atoms. The molecule has 240 valence electrons. The van der Waals surface area contributed by atoms with Gasteiger partial charge in [0.25, 0.3) is 11.4 Å². The molecule has 0 saturated carbocycles. The van der Waals surface area contributed by atoms with Crippen LogP contribution in [0.3, 0.4) is 0 Å². The molecule has 4 aromatic carbocycles. The summed E-state index contributed by atoms with van der Waals surface area (Å²) in [5.41, 5.74) is 9.59. The summed E-state index contributed by atoms with van der Waals surface area (Å²) in [6, 6.07) is 31.6. The molecule has 4 aliphatic rings. The van der Waals surface area contributed by atoms with E-state index in [1.165, 1.54) is 33.4 Å². The molecule has 0 saturated heterocycles. The van der Waals surface area contributed by atoms with E-state index >= 15 is 0 Å². The Labute approximate surface area is 289 Å². The zero-order valence-corrected chi connectivity index (χ0v) is 27.5. The van der Waals surface area contributed by atoms with Gasteiger partial charge in [0.15, 0.2) is 0 Å². The number of nitrogens with zero attached hydrogens (tertiary/aromatic N) is 2. The Morgan fingerprint density at radius 2 is 0.896 bits per heavy atom. The predicted octanol–water partition coefficient (Wildman–Crippen LogP) is 10.5. The van der Waals surface area contributed by atoms with Crippen molar-refractivity contribution < 1.29 is 9.85 Å². The fraction of sp³-hybridized carbons (Fsp3) is 0.200. The van der Waals surface area contributed by atoms with Crippen molar-refractivity contribution in [2.75, 3.05) is 0 Å². The molecule has 0 N–H and O–H groups in total. The summed E-state index contributed by atoms with van der Waals surface area (Å²) in [4.78, 5) is 22.7. The molecule has 0 fully saturated rings. The largest absolute Gasteiger partial charge is 0.259 e. The minimum Gasteiger partial charge on any atom is -0.259 e. The molecule has 0 radical (unpaired) electrons. The molecule has 0 spiro atoms. The number of nitro groups is 2. The first kappa shape index (κ1) is 31.8. The average Bonchev–Trinajstić information content (AvgIpc) is 3.11. The van der Waals surface area contributed by atoms with Gasteiger partial charge in [0, 0.05) is 34.0 Å². The van der Waals surface area contributed by atoms with Crippen molar-refractivity contribution in [3.63, 3.8) is 0 Å². The minimum absolute atomic E-state index is 0.0881. The van der Waals surface area contributed by atoms with Gasteiger partial charge in [0.1, 0.15) is 0 Å². The normalized spacial score (nSPS) is 22.0. The van der Waals surface area contributed by atoms with Crippen LogP contribution in [0.4, 0.5) is 0 Å². The first-order valence-electron chi connectivity index (χ1n) is 16.1. The molecule has 4 atom stereocenters. The molecular weight excluding hydrogens is 643 g/mol. The highest BCUT2D eigenvalue weighted by Gasteiger charge is 2.42. The molecule has 8 heteroatoms. The zero-order chi connectivity index (χ0) is 33.4. The summed E-state index contributed by atoms with van der Waals surface area (Å²) < 4.78 is 0. The predicted molar refractivity (Wildman–Crippen MR) is 191 cm³/mol. The van der Waals surface area contributed by atoms with Crippen molar-refractivity contribution in [2.24, 2.45) is 11.8 Å². The van der Waals surface area contributed by atoms with E-state index < -0.39 is 0 Å². The fourth-order valence-corrected chi connectivity index (χ4v) is 8.52. The second-order valence-electron chi connectivity index (χ2n) is 12.5. The van der Waals surface area contributed by atoms with Gasteiger partial charge in [-0.1, -0.05) is 120 Å². The van der Waals surface area contributed by atoms with Crippen LogP contribution in [0.1, 0.15) is 58.1 Å². The molecule has 8 rings (SSSR count). The number of hydrogen-bond donors (Lipinski definition) is 0. The van der Waals surface area contributed by atoms with Gasteiger partial charge in [0.05, 0.1) is 21.7 Å². The number of rotatable bonds is 4. The van der Waals surface area contributed by atoms with Crippen LogP contribution in [0.5, 0.6) is 0 Å². The number of allylic oxidation sites excluding steroid dienone is 8. The van der Waals surface area contributed by atoms with E-state index in [1.54, 1.807) is 12.2 Å². The smallest absolute Gasteiger partial charge is 0.254 e. The van der Waals surface area contributed by atoms with Crippen LogP contribution < -0.4 is 0 Å². The third-order valence-electron chi connectivity index (χ3n) is 10.1. The van der Waals surface area contributed by atoms with Gasteiger partial charge >= 0.3 is 0 Å². The van der Waals surface area contributed by atoms with Crippen molar-refractivity contribution in [3.05, 3.63) is 196 Å². The number of benzene rings is 4. The lowest BCUT2D eigenvalue weighted by atomic mass is 9.68. The van der Waals surface area contributed by atoms with Crippen LogP contribution in [-0.2, 0) is 12.8 Å². The van der Waals surface area contributed by atoms with Crippen LogP contribution in [0.15, 0.2) is 133 Å². The van der Waals surface area contributed by atoms with Crippen molar-refractivity contribution in [2.45, 2.75) is 37.5 Å². The van der Waals surface area contributed by atoms with E-state index in [4.69, 9.17) is 23.2 Å². The third kappa shape index (κ3) is 5.80. The van der Waals surface area contributed by atoms with Crippen LogP contribution >= 0.6 is 23.2 Å². The van der Waals surface area contributed by atoms with Gasteiger partial charge in [-0.2, -0.15) is 0 Å². The maximum Gasteiger partial charge on any atom is 0.254 e. The summed E-state index contributed by atoms with van der Waals surface area (Å²) in [7, 11) is 0. The SMILES string of the molecule is O=[N+]([O-])C1=CC=C2c3ccccc3CC[C@@H]2[C@H]1c1ccccc1Cl.O=[N+]([O-])C1=CC=C2c3ccccc3CC[C@@H]2[C@H]1c1ccccc1Cl. The van der Waals surface area contributed by atoms with Crippen LogP contribution in [0.2, 0.25) is 10.0 Å². The van der Waals surface area contributed by atoms with Gasteiger partial charge in [-0.05, 0) is 82.3 Å². The quantitative estimate of drug-likeness (QED) is 0.159. The molecule has 6 nitrogen and oxygen atoms in total. The summed E-state index contributed by atoms with van der Waals surface area (Å²) in [5, 5.41) is 24.5. The van der Waals surface area contributed by atoms with Crippen molar-refractivity contribution in [1.29, 1.82) is 0 Å². The first-order chi connectivity index (χ1) is 23.3. The number of aryl methyl sites for hydroxylation is 2. The summed E-state index contributed by atoms with van der Waals surface area (Å²) >= 11 is 12.8. The van der Waals surface area contributed by atoms with Gasteiger partial charge in [-0.3, -0.25) is 20.2 Å². The standard InChI is InChI=1S/2C20H16ClNO2/c2*21-18-8-4-3-7-17(18)20-16-10-9-13-5-1-2-6-14(13)15(16)11-12-19(20)22(23)24/h2*1-8,11-12,16,20H,9-10H2/t2*16-,20-/m00/s1. The second kappa shape index (κ2) is 13.4. The Hall–Kier alpha value is -4.78. The molecule has 0 amide bonds. The average molecular weight is 676 g/mol. The molecule has 0 unspecified atom stereocenters. The minimum atomic E-state index is -0.304. The number of halogens is 2. The molecule has 0 aliphatic heterocycles. The van der Waals surface area contributed by atoms with E-state index in [-0.39, 0.29) is 44.9 Å². The van der Waals surface area contributed by atoms with E-state index in [9.17, 15) is 20.2 Å². The van der Waals surface area contributed by atoms with Crippen LogP contribution in [0.25, 0.3) is 11.1 Å². The fourth-order valence-electron chi connectivity index (χ4n) is 8.02. The van der Waals surface area contributed by atoms with Crippen LogP contribution in [-0.4, -0.2) is 9.85 Å². The lowest BCUT2D eigenvalue weighted by Crippen LogP contribution is -2.27. The van der Waals surface area contributed by atoms with Gasteiger partial charge in [-0.25, -0.2) is 0 Å². The highest BCUT2D eigenvalue weighted by atomic mass is 35.5. The zero-order valence-electron chi connectivity index (χ0n) is 26.0. The molecule has 0 heterocycles. The molecular formula is C40H32Cl2N2O4. The second-order valence-corrected chi connectivity index (χ2v) is 13.4. The Bertz CT molecular complexity index is 1920. The lowest BCUT2D eigenvalue weighted by Gasteiger charge is -2.35. The Morgan fingerprint density at radius 1 is 0.521 bits per heavy atom. The van der Waals surface area contributed by atoms with Gasteiger partial charge < -0.3 is 0 Å². The molecule has 0 aromatic heterocycles. The highest BCUT2D eigenvalue weighted by Crippen LogP contribution is 2.51. The number of fused-ring (bicyclic) bond motifs is 6. The Kier molecular flexibility index (Phi) is 8.86. The molecule has 4 aliphatic carbocycles. The summed E-state index contributed by atoms with van der Waals surface area (Å²) in [6.07, 6.45) is 10.8. The van der Waals surface area contributed by atoms with Crippen LogP contribution in [0, 0.1) is 32.1 Å². The lowest BCUT2D eigenvalue weighted by molar-refractivity contribution is -0.431. The maximum atomic E-state index is 11.6. The van der Waals surface area contributed by atoms with E-state index in [2.05, 4.69) is 24.3 Å². The highest BCUT2D eigenvalue weighted by molar-refractivity contribution is 6.31. The Morgan fingerprint density at radius 3 is 1.29 bits per heavy atom. The topological polar surface area (TPSA) is 86.3 Å². The first-order valence-corrected chi connectivity index (χ1v) is 16.9. The van der Waals surface area contributed by atoms with Crippen molar-refractivity contribution in [3.8, 4) is 0 Å². The van der Waals surface area contributed by atoms with E-state index in [0.717, 1.165) is 36.8 Å². The Balaban J connectivity index is 0.000000152. The molecule has 0 bridgehead atoms. The van der Waals surface area contributed by atoms with E-state index in [0.29, 0.717) is 10.0 Å². The van der Waals surface area contributed by atoms with E-state index in [1.807, 2.05) is 84.9 Å². The monoisotopic (exact) mass is 674 g/mol. The van der Waals surface area contributed by atoms with Crippen molar-refractivity contribution in [1.82, 2.24) is 0 Å². The van der Waals surface area contributed by atoms with Crippen molar-refractivity contribution >= 4 is 34.3 Å². The maximum absolute atomic E-state index is 11.6. The van der Waals surface area contributed by atoms with Gasteiger partial charge in [-0.15, -0.1) is 0 Å². The summed E-state index contributed by atoms with van der Waals surface area (Å²) in [5.74, 6) is -0.431. The third-order valence-corrected chi connectivity index (χ3v) is 10.8.